The summed E-state index contributed by atoms with van der Waals surface area (Å²) in [5, 5.41) is 9.05. The van der Waals surface area contributed by atoms with Crippen LogP contribution in [0.3, 0.4) is 0 Å². The molecule has 0 spiro atoms. The number of carboxylic acid groups (broad SMARTS) is 1. The van der Waals surface area contributed by atoms with E-state index in [1.807, 2.05) is 0 Å². The van der Waals surface area contributed by atoms with Gasteiger partial charge in [0.05, 0.1) is 5.56 Å². The van der Waals surface area contributed by atoms with Crippen LogP contribution in [0.25, 0.3) is 0 Å². The van der Waals surface area contributed by atoms with Crippen molar-refractivity contribution in [1.82, 2.24) is 4.98 Å². The van der Waals surface area contributed by atoms with Crippen molar-refractivity contribution in [2.45, 2.75) is 32.9 Å². The van der Waals surface area contributed by atoms with E-state index in [9.17, 15) is 31.5 Å². The number of aromatic carboxylic acids is 1. The lowest BCUT2D eigenvalue weighted by Crippen LogP contribution is -2.21. The number of hydrogen-bond acceptors (Lipinski definition) is 3. The second kappa shape index (κ2) is 6.37. The molecule has 0 aromatic carbocycles. The number of pyridine rings is 1. The normalized spacial score (nSPS) is 12.0. The highest BCUT2D eigenvalue weighted by molar-refractivity contribution is 5.94. The van der Waals surface area contributed by atoms with Gasteiger partial charge in [0.2, 0.25) is 0 Å². The first-order chi connectivity index (χ1) is 10.0. The van der Waals surface area contributed by atoms with Crippen molar-refractivity contribution < 1.29 is 36.6 Å². The molecule has 122 valence electrons. The summed E-state index contributed by atoms with van der Waals surface area (Å²) in [7, 11) is 0. The number of halogens is 5. The van der Waals surface area contributed by atoms with E-state index in [0.29, 0.717) is 0 Å². The van der Waals surface area contributed by atoms with Gasteiger partial charge in [-0.25, -0.2) is 18.6 Å². The maximum absolute atomic E-state index is 12.9. The van der Waals surface area contributed by atoms with Gasteiger partial charge in [-0.3, -0.25) is 4.79 Å². The number of carbonyl (C=O) groups is 2. The second-order valence-corrected chi connectivity index (χ2v) is 4.93. The summed E-state index contributed by atoms with van der Waals surface area (Å²) < 4.78 is 64.6. The molecule has 1 rings (SSSR count). The monoisotopic (exact) mass is 325 g/mol. The van der Waals surface area contributed by atoms with Crippen LogP contribution in [0.15, 0.2) is 0 Å². The Morgan fingerprint density at radius 2 is 1.86 bits per heavy atom. The summed E-state index contributed by atoms with van der Waals surface area (Å²) in [5.41, 5.74) is -5.91. The molecular formula is C13H12F5NO3. The minimum absolute atomic E-state index is 0.199. The molecule has 0 aliphatic heterocycles. The maximum Gasteiger partial charge on any atom is 0.434 e. The lowest BCUT2D eigenvalue weighted by Gasteiger charge is -2.19. The van der Waals surface area contributed by atoms with Crippen LogP contribution in [0.2, 0.25) is 0 Å². The summed E-state index contributed by atoms with van der Waals surface area (Å²) in [5.74, 6) is -2.21. The van der Waals surface area contributed by atoms with Crippen LogP contribution >= 0.6 is 0 Å². The van der Waals surface area contributed by atoms with Crippen LogP contribution in [-0.4, -0.2) is 22.3 Å². The number of alkyl halides is 5. The standard InChI is InChI=1S/C13H12F5NO3/c1-5(2)3-6-7(4-20)10(13(16,17)18)19-9(11(14)15)8(6)12(21)22/h4-5,11H,3H2,1-2H3,(H,21,22). The van der Waals surface area contributed by atoms with Crippen LogP contribution in [0.5, 0.6) is 0 Å². The molecule has 0 unspecified atom stereocenters. The molecule has 0 atom stereocenters. The first kappa shape index (κ1) is 18.0. The predicted molar refractivity (Wildman–Crippen MR) is 65.1 cm³/mol. The molecule has 1 N–H and O–H groups in total. The Hall–Kier alpha value is -2.06. The van der Waals surface area contributed by atoms with E-state index in [1.54, 1.807) is 13.8 Å². The fourth-order valence-electron chi connectivity index (χ4n) is 2.03. The van der Waals surface area contributed by atoms with Crippen LogP contribution in [0, 0.1) is 5.92 Å². The fraction of sp³-hybridized carbons (Fsp3) is 0.462. The van der Waals surface area contributed by atoms with Crippen molar-refractivity contribution >= 4 is 12.3 Å². The third-order valence-electron chi connectivity index (χ3n) is 2.79. The van der Waals surface area contributed by atoms with E-state index in [-0.39, 0.29) is 18.6 Å². The largest absolute Gasteiger partial charge is 0.478 e. The Kier molecular flexibility index (Phi) is 5.21. The molecule has 1 heterocycles. The molecule has 0 amide bonds. The fourth-order valence-corrected chi connectivity index (χ4v) is 2.03. The Morgan fingerprint density at radius 1 is 1.32 bits per heavy atom. The van der Waals surface area contributed by atoms with Gasteiger partial charge in [0.25, 0.3) is 6.43 Å². The van der Waals surface area contributed by atoms with E-state index in [2.05, 4.69) is 4.98 Å². The molecule has 1 aromatic rings. The number of carboxylic acids is 1. The van der Waals surface area contributed by atoms with E-state index < -0.39 is 46.6 Å². The maximum atomic E-state index is 12.9. The van der Waals surface area contributed by atoms with Gasteiger partial charge in [0.15, 0.2) is 12.0 Å². The van der Waals surface area contributed by atoms with Crippen molar-refractivity contribution in [2.75, 3.05) is 0 Å². The lowest BCUT2D eigenvalue weighted by atomic mass is 9.91. The minimum Gasteiger partial charge on any atom is -0.478 e. The number of aldehydes is 1. The molecule has 0 bridgehead atoms. The van der Waals surface area contributed by atoms with Gasteiger partial charge in [-0.05, 0) is 17.9 Å². The van der Waals surface area contributed by atoms with E-state index in [4.69, 9.17) is 5.11 Å². The lowest BCUT2D eigenvalue weighted by molar-refractivity contribution is -0.141. The number of carbonyl (C=O) groups excluding carboxylic acids is 1. The SMILES string of the molecule is CC(C)Cc1c(C=O)c(C(F)(F)F)nc(C(F)F)c1C(=O)O. The van der Waals surface area contributed by atoms with Gasteiger partial charge in [0.1, 0.15) is 5.69 Å². The van der Waals surface area contributed by atoms with Gasteiger partial charge in [-0.2, -0.15) is 13.2 Å². The molecule has 0 aliphatic carbocycles. The summed E-state index contributed by atoms with van der Waals surface area (Å²) in [6, 6.07) is 0. The van der Waals surface area contributed by atoms with Crippen molar-refractivity contribution in [3.05, 3.63) is 28.1 Å². The molecule has 0 saturated heterocycles. The minimum atomic E-state index is -5.15. The molecule has 4 nitrogen and oxygen atoms in total. The molecule has 0 radical (unpaired) electrons. The first-order valence-electron chi connectivity index (χ1n) is 6.11. The Balaban J connectivity index is 3.90. The Morgan fingerprint density at radius 3 is 2.18 bits per heavy atom. The van der Waals surface area contributed by atoms with Gasteiger partial charge in [0, 0.05) is 5.56 Å². The highest BCUT2D eigenvalue weighted by Crippen LogP contribution is 2.36. The van der Waals surface area contributed by atoms with Crippen molar-refractivity contribution in [3.63, 3.8) is 0 Å². The van der Waals surface area contributed by atoms with Crippen molar-refractivity contribution in [3.8, 4) is 0 Å². The van der Waals surface area contributed by atoms with Gasteiger partial charge >= 0.3 is 12.1 Å². The van der Waals surface area contributed by atoms with Gasteiger partial charge in [-0.15, -0.1) is 0 Å². The third kappa shape index (κ3) is 3.58. The van der Waals surface area contributed by atoms with Gasteiger partial charge < -0.3 is 5.11 Å². The number of hydrogen-bond donors (Lipinski definition) is 1. The molecule has 0 saturated carbocycles. The second-order valence-electron chi connectivity index (χ2n) is 4.93. The summed E-state index contributed by atoms with van der Waals surface area (Å²) in [6.07, 6.45) is -9.14. The van der Waals surface area contributed by atoms with E-state index in [0.717, 1.165) is 0 Å². The quantitative estimate of drug-likeness (QED) is 0.661. The van der Waals surface area contributed by atoms with Crippen LogP contribution in [0.4, 0.5) is 22.0 Å². The molecule has 0 aliphatic rings. The zero-order chi connectivity index (χ0) is 17.2. The molecule has 9 heteroatoms. The molecular weight excluding hydrogens is 313 g/mol. The zero-order valence-corrected chi connectivity index (χ0v) is 11.5. The highest BCUT2D eigenvalue weighted by atomic mass is 19.4. The average Bonchev–Trinajstić information content (AvgIpc) is 2.34. The smallest absolute Gasteiger partial charge is 0.434 e. The molecule has 1 aromatic heterocycles. The highest BCUT2D eigenvalue weighted by Gasteiger charge is 2.40. The zero-order valence-electron chi connectivity index (χ0n) is 11.5. The Bertz CT molecular complexity index is 596. The van der Waals surface area contributed by atoms with E-state index >= 15 is 0 Å². The first-order valence-corrected chi connectivity index (χ1v) is 6.11. The van der Waals surface area contributed by atoms with Crippen LogP contribution in [-0.2, 0) is 12.6 Å². The van der Waals surface area contributed by atoms with Crippen molar-refractivity contribution in [2.24, 2.45) is 5.92 Å². The third-order valence-corrected chi connectivity index (χ3v) is 2.79. The number of nitrogens with zero attached hydrogens (tertiary/aromatic N) is 1. The molecule has 0 fully saturated rings. The average molecular weight is 325 g/mol. The predicted octanol–water partition coefficient (Wildman–Crippen LogP) is 3.75. The van der Waals surface area contributed by atoms with Gasteiger partial charge in [-0.1, -0.05) is 13.8 Å². The number of aromatic nitrogens is 1. The molecule has 22 heavy (non-hydrogen) atoms. The van der Waals surface area contributed by atoms with Crippen molar-refractivity contribution in [1.29, 1.82) is 0 Å². The summed E-state index contributed by atoms with van der Waals surface area (Å²) in [6.45, 7) is 3.10. The Labute approximate surface area is 122 Å². The van der Waals surface area contributed by atoms with Crippen LogP contribution in [0.1, 0.15) is 57.9 Å². The summed E-state index contributed by atoms with van der Waals surface area (Å²) in [4.78, 5) is 24.9. The van der Waals surface area contributed by atoms with E-state index in [1.165, 1.54) is 0 Å². The van der Waals surface area contributed by atoms with Crippen LogP contribution < -0.4 is 0 Å². The topological polar surface area (TPSA) is 67.3 Å². The summed E-state index contributed by atoms with van der Waals surface area (Å²) >= 11 is 0. The number of rotatable bonds is 5.